The van der Waals surface area contributed by atoms with Gasteiger partial charge in [-0.2, -0.15) is 13.2 Å². The van der Waals surface area contributed by atoms with Crippen molar-refractivity contribution in [3.05, 3.63) is 35.1 Å². The van der Waals surface area contributed by atoms with E-state index in [0.29, 0.717) is 6.07 Å². The lowest BCUT2D eigenvalue weighted by atomic mass is 10.1. The Morgan fingerprint density at radius 3 is 2.27 bits per heavy atom. The van der Waals surface area contributed by atoms with Gasteiger partial charge in [-0.05, 0) is 36.6 Å². The Bertz CT molecular complexity index is 329. The van der Waals surface area contributed by atoms with Crippen molar-refractivity contribution in [2.24, 2.45) is 0 Å². The maximum atomic E-state index is 12.8. The first kappa shape index (κ1) is 11.9. The van der Waals surface area contributed by atoms with Gasteiger partial charge in [0.15, 0.2) is 0 Å². The van der Waals surface area contributed by atoms with Crippen molar-refractivity contribution in [3.63, 3.8) is 0 Å². The summed E-state index contributed by atoms with van der Waals surface area (Å²) in [5.41, 5.74) is -0.865. The van der Waals surface area contributed by atoms with E-state index in [0.717, 1.165) is 12.1 Å². The van der Waals surface area contributed by atoms with E-state index in [1.807, 2.05) is 0 Å². The molecule has 0 spiro atoms. The van der Waals surface area contributed by atoms with Gasteiger partial charge < -0.3 is 0 Å². The average molecular weight is 224 g/mol. The van der Waals surface area contributed by atoms with Crippen molar-refractivity contribution < 1.29 is 22.0 Å². The largest absolute Gasteiger partial charge is 0.416 e. The number of alkyl halides is 4. The standard InChI is InChI=1S/C10H9F5/c11-3-1-2-7-4-8(10(13,14)15)6-9(12)5-7/h4-6H,1-3H2. The second-order valence-corrected chi connectivity index (χ2v) is 3.14. The molecular formula is C10H9F5. The molecule has 1 aromatic rings. The molecule has 0 aliphatic carbocycles. The van der Waals surface area contributed by atoms with E-state index in [-0.39, 0.29) is 18.4 Å². The highest BCUT2D eigenvalue weighted by atomic mass is 19.4. The minimum Gasteiger partial charge on any atom is -0.251 e. The topological polar surface area (TPSA) is 0 Å². The molecule has 0 aliphatic rings. The molecule has 0 atom stereocenters. The van der Waals surface area contributed by atoms with Gasteiger partial charge in [0.25, 0.3) is 0 Å². The lowest BCUT2D eigenvalue weighted by Crippen LogP contribution is -2.06. The van der Waals surface area contributed by atoms with Crippen molar-refractivity contribution in [1.82, 2.24) is 0 Å². The fourth-order valence-corrected chi connectivity index (χ4v) is 1.23. The molecule has 0 aromatic heterocycles. The van der Waals surface area contributed by atoms with Crippen LogP contribution >= 0.6 is 0 Å². The van der Waals surface area contributed by atoms with Gasteiger partial charge >= 0.3 is 6.18 Å². The summed E-state index contributed by atoms with van der Waals surface area (Å²) in [4.78, 5) is 0. The maximum absolute atomic E-state index is 12.8. The molecule has 0 unspecified atom stereocenters. The van der Waals surface area contributed by atoms with Crippen molar-refractivity contribution in [1.29, 1.82) is 0 Å². The summed E-state index contributed by atoms with van der Waals surface area (Å²) < 4.78 is 61.3. The van der Waals surface area contributed by atoms with Gasteiger partial charge in [0.2, 0.25) is 0 Å². The molecule has 0 N–H and O–H groups in total. The van der Waals surface area contributed by atoms with Gasteiger partial charge in [-0.25, -0.2) is 4.39 Å². The number of halogens is 5. The van der Waals surface area contributed by atoms with E-state index in [1.165, 1.54) is 0 Å². The van der Waals surface area contributed by atoms with Crippen molar-refractivity contribution in [2.45, 2.75) is 19.0 Å². The Kier molecular flexibility index (Phi) is 3.66. The van der Waals surface area contributed by atoms with Gasteiger partial charge in [-0.3, -0.25) is 4.39 Å². The number of hydrogen-bond acceptors (Lipinski definition) is 0. The summed E-state index contributed by atoms with van der Waals surface area (Å²) in [7, 11) is 0. The van der Waals surface area contributed by atoms with E-state index < -0.39 is 24.2 Å². The second kappa shape index (κ2) is 4.59. The summed E-state index contributed by atoms with van der Waals surface area (Å²) in [6.07, 6.45) is -4.36. The second-order valence-electron chi connectivity index (χ2n) is 3.14. The molecule has 0 nitrogen and oxygen atoms in total. The van der Waals surface area contributed by atoms with Crippen molar-refractivity contribution >= 4 is 0 Å². The Hall–Kier alpha value is -1.13. The van der Waals surface area contributed by atoms with Crippen molar-refractivity contribution in [3.8, 4) is 0 Å². The first-order valence-corrected chi connectivity index (χ1v) is 4.36. The van der Waals surface area contributed by atoms with Gasteiger partial charge in [0.1, 0.15) is 5.82 Å². The Morgan fingerprint density at radius 1 is 1.07 bits per heavy atom. The molecule has 0 aliphatic heterocycles. The monoisotopic (exact) mass is 224 g/mol. The van der Waals surface area contributed by atoms with Crippen LogP contribution in [0.2, 0.25) is 0 Å². The third-order valence-electron chi connectivity index (χ3n) is 1.88. The van der Waals surface area contributed by atoms with Crippen LogP contribution in [-0.2, 0) is 12.6 Å². The van der Waals surface area contributed by atoms with E-state index in [1.54, 1.807) is 0 Å². The lowest BCUT2D eigenvalue weighted by Gasteiger charge is -2.08. The molecule has 0 fully saturated rings. The summed E-state index contributed by atoms with van der Waals surface area (Å²) >= 11 is 0. The van der Waals surface area contributed by atoms with E-state index in [2.05, 4.69) is 0 Å². The zero-order valence-electron chi connectivity index (χ0n) is 7.74. The maximum Gasteiger partial charge on any atom is 0.416 e. The van der Waals surface area contributed by atoms with E-state index in [4.69, 9.17) is 0 Å². The Balaban J connectivity index is 2.95. The Labute approximate surface area is 83.7 Å². The highest BCUT2D eigenvalue weighted by Gasteiger charge is 2.31. The van der Waals surface area contributed by atoms with Gasteiger partial charge in [0.05, 0.1) is 12.2 Å². The molecule has 0 amide bonds. The quantitative estimate of drug-likeness (QED) is 0.686. The average Bonchev–Trinajstić information content (AvgIpc) is 2.12. The molecule has 1 rings (SSSR count). The van der Waals surface area contributed by atoms with Crippen LogP contribution in [0.25, 0.3) is 0 Å². The SMILES string of the molecule is FCCCc1cc(F)cc(C(F)(F)F)c1. The molecule has 0 heterocycles. The van der Waals surface area contributed by atoms with Gasteiger partial charge in [-0.1, -0.05) is 0 Å². The smallest absolute Gasteiger partial charge is 0.251 e. The fourth-order valence-electron chi connectivity index (χ4n) is 1.23. The number of benzene rings is 1. The zero-order chi connectivity index (χ0) is 11.5. The number of rotatable bonds is 3. The van der Waals surface area contributed by atoms with Crippen LogP contribution in [0.3, 0.4) is 0 Å². The van der Waals surface area contributed by atoms with E-state index in [9.17, 15) is 22.0 Å². The third-order valence-corrected chi connectivity index (χ3v) is 1.88. The first-order chi connectivity index (χ1) is 6.93. The van der Waals surface area contributed by atoms with Crippen molar-refractivity contribution in [2.75, 3.05) is 6.67 Å². The third kappa shape index (κ3) is 3.49. The molecule has 0 saturated heterocycles. The first-order valence-electron chi connectivity index (χ1n) is 4.36. The van der Waals surface area contributed by atoms with Gasteiger partial charge in [-0.15, -0.1) is 0 Å². The highest BCUT2D eigenvalue weighted by Crippen LogP contribution is 2.30. The molecule has 0 bridgehead atoms. The summed E-state index contributed by atoms with van der Waals surface area (Å²) in [5, 5.41) is 0. The fraction of sp³-hybridized carbons (Fsp3) is 0.400. The van der Waals surface area contributed by atoms with Crippen LogP contribution in [0.5, 0.6) is 0 Å². The minimum absolute atomic E-state index is 0.0980. The number of hydrogen-bond donors (Lipinski definition) is 0. The molecule has 84 valence electrons. The zero-order valence-corrected chi connectivity index (χ0v) is 7.74. The highest BCUT2D eigenvalue weighted by molar-refractivity contribution is 5.26. The van der Waals surface area contributed by atoms with Crippen LogP contribution in [0, 0.1) is 5.82 Å². The molecule has 0 radical (unpaired) electrons. The van der Waals surface area contributed by atoms with Gasteiger partial charge in [0, 0.05) is 0 Å². The summed E-state index contributed by atoms with van der Waals surface area (Å²) in [6, 6.07) is 2.27. The molecule has 15 heavy (non-hydrogen) atoms. The molecule has 0 saturated carbocycles. The predicted octanol–water partition coefficient (Wildman–Crippen LogP) is 3.75. The lowest BCUT2D eigenvalue weighted by molar-refractivity contribution is -0.137. The minimum atomic E-state index is -4.56. The summed E-state index contributed by atoms with van der Waals surface area (Å²) in [6.45, 7) is -0.627. The van der Waals surface area contributed by atoms with Crippen LogP contribution in [-0.4, -0.2) is 6.67 Å². The molecule has 1 aromatic carbocycles. The van der Waals surface area contributed by atoms with Crippen LogP contribution < -0.4 is 0 Å². The van der Waals surface area contributed by atoms with Crippen LogP contribution in [0.15, 0.2) is 18.2 Å². The normalized spacial score (nSPS) is 11.8. The predicted molar refractivity (Wildman–Crippen MR) is 45.7 cm³/mol. The number of aryl methyl sites for hydroxylation is 1. The van der Waals surface area contributed by atoms with Crippen LogP contribution in [0.1, 0.15) is 17.5 Å². The Morgan fingerprint density at radius 2 is 1.73 bits per heavy atom. The molecule has 5 heteroatoms. The summed E-state index contributed by atoms with van der Waals surface area (Å²) in [5.74, 6) is -0.946. The van der Waals surface area contributed by atoms with E-state index >= 15 is 0 Å². The van der Waals surface area contributed by atoms with Crippen LogP contribution in [0.4, 0.5) is 22.0 Å². The molecular weight excluding hydrogens is 215 g/mol.